The van der Waals surface area contributed by atoms with Crippen LogP contribution in [0.2, 0.25) is 0 Å². The molecule has 0 radical (unpaired) electrons. The van der Waals surface area contributed by atoms with Crippen LogP contribution in [0.15, 0.2) is 55.1 Å². The summed E-state index contributed by atoms with van der Waals surface area (Å²) >= 11 is 0. The highest BCUT2D eigenvalue weighted by Gasteiger charge is 2.13. The van der Waals surface area contributed by atoms with E-state index in [1.807, 2.05) is 0 Å². The number of rotatable bonds is 0. The predicted molar refractivity (Wildman–Crippen MR) is 68.3 cm³/mol. The first-order valence-electron chi connectivity index (χ1n) is 5.47. The minimum atomic E-state index is 0.971. The number of hydrogen-bond acceptors (Lipinski definition) is 1. The van der Waals surface area contributed by atoms with Crippen LogP contribution in [0.4, 0.5) is 5.69 Å². The van der Waals surface area contributed by atoms with E-state index in [9.17, 15) is 0 Å². The molecule has 0 fully saturated rings. The molecule has 0 atom stereocenters. The van der Waals surface area contributed by atoms with Gasteiger partial charge in [-0.05, 0) is 17.2 Å². The molecule has 2 aromatic rings. The van der Waals surface area contributed by atoms with Gasteiger partial charge in [0.05, 0.1) is 0 Å². The molecule has 1 N–H and O–H groups in total. The first-order chi connectivity index (χ1) is 7.84. The van der Waals surface area contributed by atoms with Crippen molar-refractivity contribution in [1.82, 2.24) is 0 Å². The average molecular weight is 207 g/mol. The molecule has 0 aliphatic carbocycles. The van der Waals surface area contributed by atoms with E-state index in [1.165, 1.54) is 22.4 Å². The van der Waals surface area contributed by atoms with Crippen LogP contribution in [0, 0.1) is 0 Å². The maximum absolute atomic E-state index is 4.10. The Morgan fingerprint density at radius 2 is 1.56 bits per heavy atom. The van der Waals surface area contributed by atoms with Gasteiger partial charge in [-0.2, -0.15) is 0 Å². The highest BCUT2D eigenvalue weighted by Crippen LogP contribution is 2.30. The second-order valence-corrected chi connectivity index (χ2v) is 4.09. The van der Waals surface area contributed by atoms with Gasteiger partial charge in [-0.25, -0.2) is 0 Å². The van der Waals surface area contributed by atoms with Crippen LogP contribution in [0.1, 0.15) is 16.7 Å². The molecule has 0 bridgehead atoms. The summed E-state index contributed by atoms with van der Waals surface area (Å²) in [6.45, 7) is 4.10. The Kier molecular flexibility index (Phi) is 2.03. The Bertz CT molecular complexity index is 555. The van der Waals surface area contributed by atoms with E-state index >= 15 is 0 Å². The van der Waals surface area contributed by atoms with Crippen LogP contribution in [0.3, 0.4) is 0 Å². The number of fused-ring (bicyclic) bond motifs is 2. The molecule has 0 spiro atoms. The molecule has 0 saturated heterocycles. The van der Waals surface area contributed by atoms with E-state index in [0.717, 1.165) is 12.1 Å². The summed E-state index contributed by atoms with van der Waals surface area (Å²) in [6.07, 6.45) is 0.971. The van der Waals surface area contributed by atoms with Gasteiger partial charge in [0.2, 0.25) is 0 Å². The van der Waals surface area contributed by atoms with Gasteiger partial charge in [0.25, 0.3) is 0 Å². The summed E-state index contributed by atoms with van der Waals surface area (Å²) < 4.78 is 0. The zero-order valence-corrected chi connectivity index (χ0v) is 9.03. The molecule has 1 heterocycles. The van der Waals surface area contributed by atoms with Gasteiger partial charge in [0, 0.05) is 23.4 Å². The topological polar surface area (TPSA) is 12.0 Å². The van der Waals surface area contributed by atoms with Crippen molar-refractivity contribution in [3.8, 4) is 0 Å². The lowest BCUT2D eigenvalue weighted by molar-refractivity contribution is 1.20. The third-order valence-corrected chi connectivity index (χ3v) is 3.03. The largest absolute Gasteiger partial charge is 0.355 e. The normalized spacial score (nSPS) is 13.4. The van der Waals surface area contributed by atoms with Crippen molar-refractivity contribution >= 4 is 11.4 Å². The number of nitrogens with one attached hydrogen (secondary N) is 1. The zero-order chi connectivity index (χ0) is 11.0. The van der Waals surface area contributed by atoms with Gasteiger partial charge in [0.1, 0.15) is 0 Å². The highest BCUT2D eigenvalue weighted by molar-refractivity contribution is 5.80. The number of anilines is 1. The Hall–Kier alpha value is -2.02. The molecule has 0 aromatic heterocycles. The second-order valence-electron chi connectivity index (χ2n) is 4.09. The fraction of sp³-hybridized carbons (Fsp3) is 0.0667. The van der Waals surface area contributed by atoms with Crippen molar-refractivity contribution < 1.29 is 0 Å². The van der Waals surface area contributed by atoms with Crippen molar-refractivity contribution in [2.45, 2.75) is 6.42 Å². The molecule has 1 nitrogen and oxygen atoms in total. The van der Waals surface area contributed by atoms with E-state index in [-0.39, 0.29) is 0 Å². The summed E-state index contributed by atoms with van der Waals surface area (Å²) in [5, 5.41) is 3.38. The lowest BCUT2D eigenvalue weighted by Gasteiger charge is -2.08. The molecule has 1 aliphatic rings. The van der Waals surface area contributed by atoms with Crippen LogP contribution < -0.4 is 5.32 Å². The summed E-state index contributed by atoms with van der Waals surface area (Å²) in [6, 6.07) is 16.8. The van der Waals surface area contributed by atoms with Gasteiger partial charge in [-0.15, -0.1) is 0 Å². The number of para-hydroxylation sites is 1. The van der Waals surface area contributed by atoms with Crippen molar-refractivity contribution in [3.63, 3.8) is 0 Å². The standard InChI is InChI=1S/C15H13N/c1-11-14-8-4-2-6-12(14)10-13-7-3-5-9-15(13)16-11/h2-9,16H,1,10H2. The molecule has 78 valence electrons. The molecule has 1 aliphatic heterocycles. The van der Waals surface area contributed by atoms with Crippen LogP contribution in [-0.4, -0.2) is 0 Å². The first kappa shape index (κ1) is 9.22. The van der Waals surface area contributed by atoms with Crippen LogP contribution in [0.5, 0.6) is 0 Å². The Morgan fingerprint density at radius 1 is 0.875 bits per heavy atom. The van der Waals surface area contributed by atoms with Gasteiger partial charge in [-0.1, -0.05) is 49.0 Å². The Labute approximate surface area is 95.4 Å². The SMILES string of the molecule is C=C1Nc2ccccc2Cc2ccccc21. The van der Waals surface area contributed by atoms with E-state index in [4.69, 9.17) is 0 Å². The molecule has 2 aromatic carbocycles. The first-order valence-corrected chi connectivity index (χ1v) is 5.47. The molecule has 16 heavy (non-hydrogen) atoms. The van der Waals surface area contributed by atoms with Crippen molar-refractivity contribution in [2.75, 3.05) is 5.32 Å². The van der Waals surface area contributed by atoms with Gasteiger partial charge >= 0.3 is 0 Å². The lowest BCUT2D eigenvalue weighted by Crippen LogP contribution is -1.96. The van der Waals surface area contributed by atoms with Crippen LogP contribution >= 0.6 is 0 Å². The fourth-order valence-corrected chi connectivity index (χ4v) is 2.20. The minimum Gasteiger partial charge on any atom is -0.355 e. The maximum atomic E-state index is 4.10. The van der Waals surface area contributed by atoms with Gasteiger partial charge < -0.3 is 5.32 Å². The smallest absolute Gasteiger partial charge is 0.0420 e. The summed E-state index contributed by atoms with van der Waals surface area (Å²) in [7, 11) is 0. The van der Waals surface area contributed by atoms with Crippen molar-refractivity contribution in [2.24, 2.45) is 0 Å². The molecular formula is C15H13N. The van der Waals surface area contributed by atoms with E-state index < -0.39 is 0 Å². The molecule has 3 rings (SSSR count). The maximum Gasteiger partial charge on any atom is 0.0420 e. The van der Waals surface area contributed by atoms with E-state index in [1.54, 1.807) is 0 Å². The highest BCUT2D eigenvalue weighted by atomic mass is 14.9. The predicted octanol–water partition coefficient (Wildman–Crippen LogP) is 3.67. The average Bonchev–Trinajstić information content (AvgIpc) is 2.45. The Balaban J connectivity index is 2.18. The molecular weight excluding hydrogens is 194 g/mol. The summed E-state index contributed by atoms with van der Waals surface area (Å²) in [5.41, 5.74) is 6.04. The monoisotopic (exact) mass is 207 g/mol. The van der Waals surface area contributed by atoms with Gasteiger partial charge in [-0.3, -0.25) is 0 Å². The summed E-state index contributed by atoms with van der Waals surface area (Å²) in [4.78, 5) is 0. The van der Waals surface area contributed by atoms with E-state index in [0.29, 0.717) is 0 Å². The quantitative estimate of drug-likeness (QED) is 0.695. The molecule has 0 saturated carbocycles. The third kappa shape index (κ3) is 1.41. The molecule has 0 unspecified atom stereocenters. The van der Waals surface area contributed by atoms with Gasteiger partial charge in [0.15, 0.2) is 0 Å². The zero-order valence-electron chi connectivity index (χ0n) is 9.03. The van der Waals surface area contributed by atoms with Crippen molar-refractivity contribution in [1.29, 1.82) is 0 Å². The fourth-order valence-electron chi connectivity index (χ4n) is 2.20. The number of hydrogen-bond donors (Lipinski definition) is 1. The summed E-state index contributed by atoms with van der Waals surface area (Å²) in [5.74, 6) is 0. The number of benzene rings is 2. The Morgan fingerprint density at radius 3 is 2.44 bits per heavy atom. The second kappa shape index (κ2) is 3.53. The van der Waals surface area contributed by atoms with E-state index in [2.05, 4.69) is 60.4 Å². The minimum absolute atomic E-state index is 0.971. The molecule has 0 amide bonds. The lowest BCUT2D eigenvalue weighted by atomic mass is 10.00. The van der Waals surface area contributed by atoms with Crippen LogP contribution in [-0.2, 0) is 6.42 Å². The molecule has 1 heteroatoms. The van der Waals surface area contributed by atoms with Crippen molar-refractivity contribution in [3.05, 3.63) is 71.8 Å². The third-order valence-electron chi connectivity index (χ3n) is 3.03. The van der Waals surface area contributed by atoms with Crippen LogP contribution in [0.25, 0.3) is 5.70 Å².